The summed E-state index contributed by atoms with van der Waals surface area (Å²) < 4.78 is 0. The summed E-state index contributed by atoms with van der Waals surface area (Å²) >= 11 is 7.51. The van der Waals surface area contributed by atoms with Gasteiger partial charge in [-0.1, -0.05) is 30.7 Å². The summed E-state index contributed by atoms with van der Waals surface area (Å²) in [4.78, 5) is 17.5. The second-order valence-electron chi connectivity index (χ2n) is 5.47. The number of halogens is 1. The maximum absolute atomic E-state index is 10.9. The maximum atomic E-state index is 10.9. The molecule has 0 fully saturated rings. The van der Waals surface area contributed by atoms with Crippen molar-refractivity contribution in [1.29, 1.82) is 0 Å². The molecule has 0 aliphatic carbocycles. The molecule has 0 aliphatic rings. The zero-order valence-electron chi connectivity index (χ0n) is 12.6. The average Bonchev–Trinajstić information content (AvgIpc) is 2.88. The molecule has 1 N–H and O–H groups in total. The maximum Gasteiger partial charge on any atom is 0.307 e. The highest BCUT2D eigenvalue weighted by atomic mass is 35.5. The fourth-order valence-electron chi connectivity index (χ4n) is 2.17. The van der Waals surface area contributed by atoms with Gasteiger partial charge < -0.3 is 5.11 Å². The molecule has 1 atom stereocenters. The van der Waals surface area contributed by atoms with Gasteiger partial charge in [-0.3, -0.25) is 9.69 Å². The molecule has 22 heavy (non-hydrogen) atoms. The van der Waals surface area contributed by atoms with Crippen molar-refractivity contribution in [3.05, 3.63) is 50.9 Å². The Morgan fingerprint density at radius 1 is 1.41 bits per heavy atom. The Balaban J connectivity index is 1.91. The van der Waals surface area contributed by atoms with E-state index in [2.05, 4.69) is 4.98 Å². The SMILES string of the molecule is CC(CN(C)Cc1csc(Cc2ccc(Cl)cc2)n1)C(=O)O. The zero-order chi connectivity index (χ0) is 16.1. The largest absolute Gasteiger partial charge is 0.481 e. The Morgan fingerprint density at radius 2 is 2.09 bits per heavy atom. The summed E-state index contributed by atoms with van der Waals surface area (Å²) in [6.07, 6.45) is 0.789. The fraction of sp³-hybridized carbons (Fsp3) is 0.375. The van der Waals surface area contributed by atoms with E-state index in [-0.39, 0.29) is 5.92 Å². The Bertz CT molecular complexity index is 627. The Hall–Kier alpha value is -1.43. The number of hydrogen-bond acceptors (Lipinski definition) is 4. The summed E-state index contributed by atoms with van der Waals surface area (Å²) in [5.41, 5.74) is 2.16. The number of aromatic nitrogens is 1. The first kappa shape index (κ1) is 16.9. The van der Waals surface area contributed by atoms with Gasteiger partial charge in [0.05, 0.1) is 16.6 Å². The molecule has 0 saturated heterocycles. The van der Waals surface area contributed by atoms with Crippen LogP contribution in [0.5, 0.6) is 0 Å². The van der Waals surface area contributed by atoms with Crippen molar-refractivity contribution in [1.82, 2.24) is 9.88 Å². The molecular weight excluding hydrogens is 320 g/mol. The van der Waals surface area contributed by atoms with Crippen molar-refractivity contribution in [2.24, 2.45) is 5.92 Å². The lowest BCUT2D eigenvalue weighted by atomic mass is 10.1. The van der Waals surface area contributed by atoms with E-state index < -0.39 is 5.97 Å². The number of carboxylic acid groups (broad SMARTS) is 1. The molecule has 6 heteroatoms. The van der Waals surface area contributed by atoms with E-state index in [9.17, 15) is 4.79 Å². The second-order valence-corrected chi connectivity index (χ2v) is 6.85. The summed E-state index contributed by atoms with van der Waals surface area (Å²) in [6, 6.07) is 7.77. The third-order valence-corrected chi connectivity index (χ3v) is 4.46. The molecule has 4 nitrogen and oxygen atoms in total. The molecule has 0 saturated carbocycles. The van der Waals surface area contributed by atoms with Crippen molar-refractivity contribution in [2.45, 2.75) is 19.9 Å². The molecule has 0 spiro atoms. The van der Waals surface area contributed by atoms with Crippen LogP contribution in [0.25, 0.3) is 0 Å². The first-order chi connectivity index (χ1) is 10.4. The van der Waals surface area contributed by atoms with E-state index in [0.29, 0.717) is 13.1 Å². The molecule has 0 aliphatic heterocycles. The van der Waals surface area contributed by atoms with E-state index in [4.69, 9.17) is 16.7 Å². The van der Waals surface area contributed by atoms with Gasteiger partial charge in [0.15, 0.2) is 0 Å². The van der Waals surface area contributed by atoms with Gasteiger partial charge in [-0.2, -0.15) is 0 Å². The lowest BCUT2D eigenvalue weighted by Gasteiger charge is -2.17. The fourth-order valence-corrected chi connectivity index (χ4v) is 3.11. The number of thiazole rings is 1. The summed E-state index contributed by atoms with van der Waals surface area (Å²) in [6.45, 7) is 2.89. The quantitative estimate of drug-likeness (QED) is 0.839. The monoisotopic (exact) mass is 338 g/mol. The number of benzene rings is 1. The van der Waals surface area contributed by atoms with Gasteiger partial charge in [-0.05, 0) is 24.7 Å². The average molecular weight is 339 g/mol. The summed E-state index contributed by atoms with van der Waals surface area (Å²) in [7, 11) is 1.91. The van der Waals surface area contributed by atoms with Gasteiger partial charge in [0.1, 0.15) is 0 Å². The van der Waals surface area contributed by atoms with Crippen LogP contribution in [0.15, 0.2) is 29.6 Å². The molecule has 1 aromatic carbocycles. The van der Waals surface area contributed by atoms with Crippen molar-refractivity contribution in [3.8, 4) is 0 Å². The van der Waals surface area contributed by atoms with Crippen molar-refractivity contribution in [3.63, 3.8) is 0 Å². The first-order valence-electron chi connectivity index (χ1n) is 7.03. The van der Waals surface area contributed by atoms with E-state index in [1.807, 2.05) is 41.6 Å². The minimum Gasteiger partial charge on any atom is -0.481 e. The first-order valence-corrected chi connectivity index (χ1v) is 8.29. The van der Waals surface area contributed by atoms with Gasteiger partial charge in [-0.15, -0.1) is 11.3 Å². The van der Waals surface area contributed by atoms with Crippen LogP contribution in [0.1, 0.15) is 23.2 Å². The predicted molar refractivity (Wildman–Crippen MR) is 89.5 cm³/mol. The van der Waals surface area contributed by atoms with Crippen LogP contribution in [0, 0.1) is 5.92 Å². The third-order valence-electron chi connectivity index (χ3n) is 3.31. The number of aliphatic carboxylic acids is 1. The van der Waals surface area contributed by atoms with Crippen molar-refractivity contribution >= 4 is 28.9 Å². The lowest BCUT2D eigenvalue weighted by Crippen LogP contribution is -2.28. The van der Waals surface area contributed by atoms with Crippen molar-refractivity contribution in [2.75, 3.05) is 13.6 Å². The van der Waals surface area contributed by atoms with E-state index >= 15 is 0 Å². The zero-order valence-corrected chi connectivity index (χ0v) is 14.2. The number of carbonyl (C=O) groups is 1. The number of rotatable bonds is 7. The van der Waals surface area contributed by atoms with Gasteiger partial charge in [0, 0.05) is 29.9 Å². The van der Waals surface area contributed by atoms with Gasteiger partial charge in [0.2, 0.25) is 0 Å². The van der Waals surface area contributed by atoms with Crippen LogP contribution in [-0.4, -0.2) is 34.6 Å². The van der Waals surface area contributed by atoms with Crippen LogP contribution in [0.3, 0.4) is 0 Å². The third kappa shape index (κ3) is 5.09. The highest BCUT2D eigenvalue weighted by Crippen LogP contribution is 2.17. The van der Waals surface area contributed by atoms with E-state index in [1.54, 1.807) is 18.3 Å². The van der Waals surface area contributed by atoms with Crippen LogP contribution < -0.4 is 0 Å². The lowest BCUT2D eigenvalue weighted by molar-refractivity contribution is -0.141. The summed E-state index contributed by atoms with van der Waals surface area (Å²) in [5.74, 6) is -1.15. The smallest absolute Gasteiger partial charge is 0.307 e. The topological polar surface area (TPSA) is 53.4 Å². The Labute approximate surface area is 139 Å². The molecular formula is C16H19ClN2O2S. The van der Waals surface area contributed by atoms with Crippen LogP contribution in [-0.2, 0) is 17.8 Å². The van der Waals surface area contributed by atoms with Gasteiger partial charge >= 0.3 is 5.97 Å². The molecule has 1 heterocycles. The van der Waals surface area contributed by atoms with E-state index in [0.717, 1.165) is 22.1 Å². The normalized spacial score (nSPS) is 12.5. The molecule has 0 amide bonds. The van der Waals surface area contributed by atoms with Crippen LogP contribution in [0.2, 0.25) is 5.02 Å². The predicted octanol–water partition coefficient (Wildman–Crippen LogP) is 3.54. The molecule has 0 bridgehead atoms. The minimum atomic E-state index is -0.770. The second kappa shape index (κ2) is 7.72. The number of hydrogen-bond donors (Lipinski definition) is 1. The van der Waals surface area contributed by atoms with Gasteiger partial charge in [-0.25, -0.2) is 4.98 Å². The Kier molecular flexibility index (Phi) is 5.94. The van der Waals surface area contributed by atoms with Crippen LogP contribution >= 0.6 is 22.9 Å². The molecule has 2 rings (SSSR count). The van der Waals surface area contributed by atoms with Crippen LogP contribution in [0.4, 0.5) is 0 Å². The molecule has 1 unspecified atom stereocenters. The van der Waals surface area contributed by atoms with Crippen molar-refractivity contribution < 1.29 is 9.90 Å². The number of nitrogens with zero attached hydrogens (tertiary/aromatic N) is 2. The summed E-state index contributed by atoms with van der Waals surface area (Å²) in [5, 5.41) is 12.8. The molecule has 118 valence electrons. The highest BCUT2D eigenvalue weighted by molar-refractivity contribution is 7.09. The molecule has 0 radical (unpaired) electrons. The molecule has 1 aromatic heterocycles. The standard InChI is InChI=1S/C16H19ClN2O2S/c1-11(16(20)21)8-19(2)9-14-10-22-15(18-14)7-12-3-5-13(17)6-4-12/h3-6,10-11H,7-9H2,1-2H3,(H,20,21). The highest BCUT2D eigenvalue weighted by Gasteiger charge is 2.14. The minimum absolute atomic E-state index is 0.378. The Morgan fingerprint density at radius 3 is 2.73 bits per heavy atom. The van der Waals surface area contributed by atoms with Gasteiger partial charge in [0.25, 0.3) is 0 Å². The number of carboxylic acids is 1. The van der Waals surface area contributed by atoms with E-state index in [1.165, 1.54) is 5.56 Å². The molecule has 2 aromatic rings.